The van der Waals surface area contributed by atoms with Crippen LogP contribution in [0.4, 0.5) is 0 Å². The normalized spacial score (nSPS) is 20.8. The van der Waals surface area contributed by atoms with Gasteiger partial charge in [-0.25, -0.2) is 0 Å². The fraction of sp³-hybridized carbons (Fsp3) is 0.467. The van der Waals surface area contributed by atoms with Gasteiger partial charge in [0.1, 0.15) is 18.1 Å². The Morgan fingerprint density at radius 3 is 2.24 bits per heavy atom. The van der Waals surface area contributed by atoms with E-state index in [1.807, 2.05) is 6.07 Å². The van der Waals surface area contributed by atoms with E-state index >= 15 is 0 Å². The highest BCUT2D eigenvalue weighted by Crippen LogP contribution is 2.08. The topological polar surface area (TPSA) is 300 Å². The molecule has 1 aromatic carbocycles. The van der Waals surface area contributed by atoms with Crippen molar-refractivity contribution < 1.29 is 43.2 Å². The number of nitrogens with zero attached hydrogens (tertiary/aromatic N) is 1. The number of hydrogen-bond acceptors (Lipinski definition) is 10. The fourth-order valence-corrected chi connectivity index (χ4v) is 4.43. The molecule has 0 aromatic heterocycles. The van der Waals surface area contributed by atoms with Gasteiger partial charge in [0.15, 0.2) is 0 Å². The van der Waals surface area contributed by atoms with Gasteiger partial charge in [-0.15, -0.1) is 0 Å². The molecule has 1 aliphatic rings. The van der Waals surface area contributed by atoms with E-state index in [1.54, 1.807) is 18.2 Å². The van der Waals surface area contributed by atoms with Gasteiger partial charge >= 0.3 is 0 Å². The van der Waals surface area contributed by atoms with Crippen LogP contribution in [0.15, 0.2) is 24.3 Å². The van der Waals surface area contributed by atoms with Gasteiger partial charge in [-0.1, -0.05) is 12.1 Å². The monoisotopic (exact) mass is 684 g/mol. The van der Waals surface area contributed by atoms with Crippen LogP contribution in [0, 0.1) is 11.3 Å². The van der Waals surface area contributed by atoms with Gasteiger partial charge in [-0.05, 0) is 37.0 Å². The van der Waals surface area contributed by atoms with Gasteiger partial charge in [0, 0.05) is 26.3 Å². The van der Waals surface area contributed by atoms with Crippen molar-refractivity contribution in [2.75, 3.05) is 32.7 Å². The maximum absolute atomic E-state index is 13.1. The highest BCUT2D eigenvalue weighted by Gasteiger charge is 2.26. The second-order valence-electron chi connectivity index (χ2n) is 10.9. The molecule has 0 bridgehead atoms. The third-order valence-electron chi connectivity index (χ3n) is 6.92. The minimum atomic E-state index is -1.30. The molecular formula is C30H40N10O9. The Morgan fingerprint density at radius 2 is 1.55 bits per heavy atom. The van der Waals surface area contributed by atoms with E-state index in [-0.39, 0.29) is 38.6 Å². The van der Waals surface area contributed by atoms with Crippen LogP contribution < -0.4 is 48.3 Å². The summed E-state index contributed by atoms with van der Waals surface area (Å²) in [6.07, 6.45) is -0.297. The minimum Gasteiger partial charge on any atom is -0.368 e. The molecule has 9 amide bonds. The largest absolute Gasteiger partial charge is 0.368 e. The molecule has 49 heavy (non-hydrogen) atoms. The van der Waals surface area contributed by atoms with Gasteiger partial charge in [-0.2, -0.15) is 5.26 Å². The lowest BCUT2D eigenvalue weighted by Gasteiger charge is -2.21. The molecule has 10 N–H and O–H groups in total. The van der Waals surface area contributed by atoms with Crippen LogP contribution in [0.1, 0.15) is 43.7 Å². The fourth-order valence-electron chi connectivity index (χ4n) is 4.43. The summed E-state index contributed by atoms with van der Waals surface area (Å²) < 4.78 is 0. The first kappa shape index (κ1) is 39.1. The zero-order valence-electron chi connectivity index (χ0n) is 26.8. The molecule has 0 aliphatic carbocycles. The summed E-state index contributed by atoms with van der Waals surface area (Å²) in [4.78, 5) is 112. The average Bonchev–Trinajstić information content (AvgIpc) is 3.06. The maximum atomic E-state index is 13.1. The van der Waals surface area contributed by atoms with Gasteiger partial charge < -0.3 is 48.3 Å². The molecule has 2 rings (SSSR count). The summed E-state index contributed by atoms with van der Waals surface area (Å²) in [5.41, 5.74) is 6.16. The van der Waals surface area contributed by atoms with E-state index in [0.29, 0.717) is 11.1 Å². The van der Waals surface area contributed by atoms with Crippen LogP contribution in [-0.4, -0.2) is 104 Å². The van der Waals surface area contributed by atoms with Crippen LogP contribution in [0.5, 0.6) is 0 Å². The number of carbonyl (C=O) groups is 9. The number of nitriles is 1. The van der Waals surface area contributed by atoms with Crippen molar-refractivity contribution in [3.05, 3.63) is 35.4 Å². The maximum Gasteiger partial charge on any atom is 0.243 e. The second kappa shape index (κ2) is 20.2. The molecule has 3 unspecified atom stereocenters. The van der Waals surface area contributed by atoms with Crippen molar-refractivity contribution in [1.29, 1.82) is 5.26 Å². The zero-order chi connectivity index (χ0) is 36.3. The molecule has 19 nitrogen and oxygen atoms in total. The standard InChI is InChI=1S/C30H40N10O9/c1-17(41)34-14-25(44)39-21-7-8-23(42)33-9-3-6-20(28(32)47)38-26(45)15-35-24(43)13-36-30(49)22(40-27(46)16-37-29(21)48)11-18-4-2-5-19(10-18)12-31/h2,4-5,10,20-22H,3,6-9,11,13-16H2,1H3,(H2,32,47)(H,33,42)(H,34,41)(H,35,43)(H,36,49)(H,37,48)(H,38,45)(H,39,44)(H,40,46). The van der Waals surface area contributed by atoms with Crippen LogP contribution in [-0.2, 0) is 49.6 Å². The number of benzene rings is 1. The Hall–Kier alpha value is -6.06. The van der Waals surface area contributed by atoms with E-state index in [0.717, 1.165) is 0 Å². The Labute approximate surface area is 281 Å². The zero-order valence-corrected chi connectivity index (χ0v) is 26.8. The van der Waals surface area contributed by atoms with Crippen LogP contribution in [0.25, 0.3) is 0 Å². The summed E-state index contributed by atoms with van der Waals surface area (Å²) in [5.74, 6) is -6.56. The summed E-state index contributed by atoms with van der Waals surface area (Å²) in [5, 5.41) is 28.4. The Bertz CT molecular complexity index is 1480. The third kappa shape index (κ3) is 15.4. The van der Waals surface area contributed by atoms with E-state index in [9.17, 15) is 48.4 Å². The molecule has 1 fully saturated rings. The summed E-state index contributed by atoms with van der Waals surface area (Å²) >= 11 is 0. The highest BCUT2D eigenvalue weighted by molar-refractivity contribution is 5.95. The van der Waals surface area contributed by atoms with Crippen molar-refractivity contribution in [3.8, 4) is 6.07 Å². The average molecular weight is 685 g/mol. The SMILES string of the molecule is CC(=O)NCC(=O)NC1CCC(=O)NCCCC(C(N)=O)NC(=O)CNC(=O)CNC(=O)C(Cc2cccc(C#N)c2)NC(=O)CNC1=O. The van der Waals surface area contributed by atoms with Crippen molar-refractivity contribution in [2.24, 2.45) is 5.73 Å². The van der Waals surface area contributed by atoms with Gasteiger partial charge in [0.25, 0.3) is 0 Å². The third-order valence-corrected chi connectivity index (χ3v) is 6.92. The van der Waals surface area contributed by atoms with E-state index in [1.165, 1.54) is 13.0 Å². The molecule has 1 aromatic rings. The number of nitrogens with two attached hydrogens (primary N) is 1. The van der Waals surface area contributed by atoms with Gasteiger partial charge in [-0.3, -0.25) is 43.2 Å². The van der Waals surface area contributed by atoms with Gasteiger partial charge in [0.2, 0.25) is 53.2 Å². The molecule has 264 valence electrons. The number of amides is 9. The van der Waals surface area contributed by atoms with Crippen molar-refractivity contribution >= 4 is 53.2 Å². The smallest absolute Gasteiger partial charge is 0.243 e. The van der Waals surface area contributed by atoms with E-state index in [4.69, 9.17) is 5.73 Å². The Morgan fingerprint density at radius 1 is 0.878 bits per heavy atom. The molecular weight excluding hydrogens is 644 g/mol. The summed E-state index contributed by atoms with van der Waals surface area (Å²) in [7, 11) is 0. The van der Waals surface area contributed by atoms with E-state index < -0.39 is 97.5 Å². The first-order valence-corrected chi connectivity index (χ1v) is 15.3. The number of primary amides is 1. The lowest BCUT2D eigenvalue weighted by molar-refractivity contribution is -0.132. The van der Waals surface area contributed by atoms with Gasteiger partial charge in [0.05, 0.1) is 37.8 Å². The Kier molecular flexibility index (Phi) is 16.2. The van der Waals surface area contributed by atoms with Crippen molar-refractivity contribution in [3.63, 3.8) is 0 Å². The predicted octanol–water partition coefficient (Wildman–Crippen LogP) is -4.78. The molecule has 1 heterocycles. The van der Waals surface area contributed by atoms with Crippen LogP contribution >= 0.6 is 0 Å². The predicted molar refractivity (Wildman–Crippen MR) is 169 cm³/mol. The van der Waals surface area contributed by atoms with Crippen molar-refractivity contribution in [2.45, 2.75) is 57.2 Å². The quantitative estimate of drug-likeness (QED) is 0.138. The minimum absolute atomic E-state index is 0.0509. The molecule has 3 atom stereocenters. The Balaban J connectivity index is 2.27. The lowest BCUT2D eigenvalue weighted by atomic mass is 10.0. The van der Waals surface area contributed by atoms with Crippen LogP contribution in [0.3, 0.4) is 0 Å². The summed E-state index contributed by atoms with van der Waals surface area (Å²) in [6.45, 7) is -0.976. The van der Waals surface area contributed by atoms with E-state index in [2.05, 4.69) is 42.5 Å². The number of carbonyl (C=O) groups excluding carboxylic acids is 9. The second-order valence-corrected chi connectivity index (χ2v) is 10.9. The number of rotatable bonds is 6. The number of nitrogens with one attached hydrogen (secondary N) is 8. The van der Waals surface area contributed by atoms with Crippen molar-refractivity contribution in [1.82, 2.24) is 42.5 Å². The number of hydrogen-bond donors (Lipinski definition) is 9. The molecule has 1 saturated heterocycles. The highest BCUT2D eigenvalue weighted by atomic mass is 16.2. The first-order valence-electron chi connectivity index (χ1n) is 15.3. The lowest BCUT2D eigenvalue weighted by Crippen LogP contribution is -2.54. The molecule has 19 heteroatoms. The molecule has 0 radical (unpaired) electrons. The first-order chi connectivity index (χ1) is 23.3. The molecule has 1 aliphatic heterocycles. The molecule has 0 saturated carbocycles. The molecule has 0 spiro atoms. The van der Waals surface area contributed by atoms with Crippen LogP contribution in [0.2, 0.25) is 0 Å². The summed E-state index contributed by atoms with van der Waals surface area (Å²) in [6, 6.07) is 4.49.